The first-order valence-electron chi connectivity index (χ1n) is 9.61. The summed E-state index contributed by atoms with van der Waals surface area (Å²) in [5.41, 5.74) is 2.17. The van der Waals surface area contributed by atoms with Gasteiger partial charge < -0.3 is 15.7 Å². The van der Waals surface area contributed by atoms with Crippen LogP contribution in [0.4, 0.5) is 0 Å². The van der Waals surface area contributed by atoms with Crippen LogP contribution < -0.4 is 10.6 Å². The molecule has 3 aromatic rings. The molecule has 2 aromatic carbocycles. The minimum atomic E-state index is -1.17. The van der Waals surface area contributed by atoms with Crippen molar-refractivity contribution >= 4 is 28.7 Å². The summed E-state index contributed by atoms with van der Waals surface area (Å²) in [6, 6.07) is 18.3. The monoisotopic (exact) mass is 405 g/mol. The smallest absolute Gasteiger partial charge is 0.326 e. The van der Waals surface area contributed by atoms with Crippen LogP contribution in [-0.4, -0.2) is 40.0 Å². The average Bonchev–Trinajstić information content (AvgIpc) is 2.73. The minimum Gasteiger partial charge on any atom is -0.480 e. The fourth-order valence-electron chi connectivity index (χ4n) is 3.21. The lowest BCUT2D eigenvalue weighted by molar-refractivity contribution is -0.142. The second kappa shape index (κ2) is 9.65. The summed E-state index contributed by atoms with van der Waals surface area (Å²) in [6.07, 6.45) is 0.289. The maximum atomic E-state index is 12.8. The van der Waals surface area contributed by atoms with E-state index in [1.54, 1.807) is 6.07 Å². The van der Waals surface area contributed by atoms with Gasteiger partial charge in [-0.15, -0.1) is 0 Å². The number of hydrogen-bond donors (Lipinski definition) is 3. The van der Waals surface area contributed by atoms with Crippen molar-refractivity contribution in [2.75, 3.05) is 0 Å². The number of benzene rings is 2. The molecule has 7 nitrogen and oxygen atoms in total. The zero-order chi connectivity index (χ0) is 21.5. The van der Waals surface area contributed by atoms with Crippen LogP contribution in [0, 0.1) is 0 Å². The van der Waals surface area contributed by atoms with Crippen molar-refractivity contribution in [1.29, 1.82) is 0 Å². The standard InChI is InChI=1S/C23H23N3O4/c1-15(27)24-20(13-16-7-3-2-4-8-16)22(28)26-21(23(29)30)14-18-12-11-17-9-5-6-10-19(17)25-18/h2-12,20-21H,13-14H2,1H3,(H,24,27)(H,26,28)(H,29,30)/t20-,21+/m0/s1. The molecule has 0 aliphatic rings. The van der Waals surface area contributed by atoms with Crippen LogP contribution in [0.2, 0.25) is 0 Å². The van der Waals surface area contributed by atoms with Gasteiger partial charge >= 0.3 is 5.97 Å². The number of fused-ring (bicyclic) bond motifs is 1. The molecule has 1 heterocycles. The molecule has 154 valence electrons. The number of carboxylic acids is 1. The number of aromatic nitrogens is 1. The largest absolute Gasteiger partial charge is 0.480 e. The number of carbonyl (C=O) groups excluding carboxylic acids is 2. The van der Waals surface area contributed by atoms with Crippen molar-refractivity contribution < 1.29 is 19.5 Å². The highest BCUT2D eigenvalue weighted by atomic mass is 16.4. The van der Waals surface area contributed by atoms with Gasteiger partial charge in [0, 0.05) is 30.8 Å². The molecule has 0 saturated heterocycles. The molecule has 0 aliphatic carbocycles. The molecule has 2 atom stereocenters. The number of rotatable bonds is 8. The first-order chi connectivity index (χ1) is 14.4. The van der Waals surface area contributed by atoms with E-state index in [1.807, 2.05) is 60.7 Å². The summed E-state index contributed by atoms with van der Waals surface area (Å²) in [6.45, 7) is 1.32. The topological polar surface area (TPSA) is 108 Å². The van der Waals surface area contributed by atoms with Crippen LogP contribution in [0.3, 0.4) is 0 Å². The second-order valence-electron chi connectivity index (χ2n) is 7.04. The van der Waals surface area contributed by atoms with E-state index >= 15 is 0 Å². The molecular weight excluding hydrogens is 382 g/mol. The van der Waals surface area contributed by atoms with Gasteiger partial charge in [0.25, 0.3) is 0 Å². The Bertz CT molecular complexity index is 1050. The van der Waals surface area contributed by atoms with Crippen molar-refractivity contribution in [1.82, 2.24) is 15.6 Å². The van der Waals surface area contributed by atoms with Gasteiger partial charge in [-0.25, -0.2) is 4.79 Å². The first-order valence-corrected chi connectivity index (χ1v) is 9.61. The summed E-state index contributed by atoms with van der Waals surface area (Å²) in [5, 5.41) is 15.7. The fraction of sp³-hybridized carbons (Fsp3) is 0.217. The zero-order valence-electron chi connectivity index (χ0n) is 16.5. The number of pyridine rings is 1. The van der Waals surface area contributed by atoms with Crippen molar-refractivity contribution in [2.24, 2.45) is 0 Å². The Balaban J connectivity index is 1.74. The van der Waals surface area contributed by atoms with E-state index in [2.05, 4.69) is 15.6 Å². The molecule has 3 N–H and O–H groups in total. The Labute approximate surface area is 174 Å². The Morgan fingerprint density at radius 3 is 2.27 bits per heavy atom. The van der Waals surface area contributed by atoms with Crippen LogP contribution in [0.5, 0.6) is 0 Å². The molecule has 7 heteroatoms. The van der Waals surface area contributed by atoms with Gasteiger partial charge in [-0.05, 0) is 17.7 Å². The Morgan fingerprint density at radius 2 is 1.57 bits per heavy atom. The number of carboxylic acid groups (broad SMARTS) is 1. The number of nitrogens with zero attached hydrogens (tertiary/aromatic N) is 1. The quantitative estimate of drug-likeness (QED) is 0.532. The van der Waals surface area contributed by atoms with Crippen LogP contribution >= 0.6 is 0 Å². The minimum absolute atomic E-state index is 0.0318. The van der Waals surface area contributed by atoms with Gasteiger partial charge in [-0.3, -0.25) is 14.6 Å². The highest BCUT2D eigenvalue weighted by Crippen LogP contribution is 2.13. The molecule has 0 bridgehead atoms. The fourth-order valence-corrected chi connectivity index (χ4v) is 3.21. The molecule has 1 aromatic heterocycles. The van der Waals surface area contributed by atoms with Crippen molar-refractivity contribution in [3.05, 3.63) is 78.0 Å². The molecule has 3 rings (SSSR count). The molecule has 0 fully saturated rings. The second-order valence-corrected chi connectivity index (χ2v) is 7.04. The molecular formula is C23H23N3O4. The van der Waals surface area contributed by atoms with Crippen molar-refractivity contribution in [3.8, 4) is 0 Å². The third kappa shape index (κ3) is 5.64. The highest BCUT2D eigenvalue weighted by Gasteiger charge is 2.26. The Morgan fingerprint density at radius 1 is 0.867 bits per heavy atom. The SMILES string of the molecule is CC(=O)N[C@@H](Cc1ccccc1)C(=O)N[C@H](Cc1ccc2ccccc2n1)C(=O)O. The lowest BCUT2D eigenvalue weighted by Gasteiger charge is -2.21. The van der Waals surface area contributed by atoms with Crippen LogP contribution in [-0.2, 0) is 27.2 Å². The predicted molar refractivity (Wildman–Crippen MR) is 113 cm³/mol. The molecule has 0 aliphatic heterocycles. The summed E-state index contributed by atoms with van der Waals surface area (Å²) in [7, 11) is 0. The van der Waals surface area contributed by atoms with Gasteiger partial charge in [-0.2, -0.15) is 0 Å². The number of aliphatic carboxylic acids is 1. The lowest BCUT2D eigenvalue weighted by Crippen LogP contribution is -2.52. The Hall–Kier alpha value is -3.74. The maximum absolute atomic E-state index is 12.8. The molecule has 0 saturated carbocycles. The number of carbonyl (C=O) groups is 3. The van der Waals surface area contributed by atoms with Gasteiger partial charge in [0.05, 0.1) is 5.52 Å². The number of nitrogens with one attached hydrogen (secondary N) is 2. The molecule has 0 radical (unpaired) electrons. The van der Waals surface area contributed by atoms with Crippen molar-refractivity contribution in [2.45, 2.75) is 31.8 Å². The van der Waals surface area contributed by atoms with E-state index < -0.39 is 24.0 Å². The number of hydrogen-bond acceptors (Lipinski definition) is 4. The summed E-state index contributed by atoms with van der Waals surface area (Å²) < 4.78 is 0. The Kier molecular flexibility index (Phi) is 6.75. The third-order valence-corrected chi connectivity index (χ3v) is 4.66. The molecule has 2 amide bonds. The lowest BCUT2D eigenvalue weighted by atomic mass is 10.0. The number of amides is 2. The van der Waals surface area contributed by atoms with Gasteiger partial charge in [-0.1, -0.05) is 54.6 Å². The van der Waals surface area contributed by atoms with E-state index in [0.717, 1.165) is 16.5 Å². The van der Waals surface area contributed by atoms with Crippen LogP contribution in [0.25, 0.3) is 10.9 Å². The van der Waals surface area contributed by atoms with E-state index in [0.29, 0.717) is 5.69 Å². The molecule has 0 spiro atoms. The van der Waals surface area contributed by atoms with E-state index in [-0.39, 0.29) is 18.7 Å². The summed E-state index contributed by atoms with van der Waals surface area (Å²) >= 11 is 0. The third-order valence-electron chi connectivity index (χ3n) is 4.66. The highest BCUT2D eigenvalue weighted by molar-refractivity contribution is 5.90. The normalized spacial score (nSPS) is 12.7. The van der Waals surface area contributed by atoms with Crippen LogP contribution in [0.15, 0.2) is 66.7 Å². The number of para-hydroxylation sites is 1. The zero-order valence-corrected chi connectivity index (χ0v) is 16.5. The summed E-state index contributed by atoms with van der Waals surface area (Å²) in [4.78, 5) is 40.6. The first kappa shape index (κ1) is 21.0. The van der Waals surface area contributed by atoms with E-state index in [9.17, 15) is 19.5 Å². The predicted octanol–water partition coefficient (Wildman–Crippen LogP) is 2.09. The van der Waals surface area contributed by atoms with Gasteiger partial charge in [0.2, 0.25) is 11.8 Å². The summed E-state index contributed by atoms with van der Waals surface area (Å²) in [5.74, 6) is -2.09. The van der Waals surface area contributed by atoms with Crippen molar-refractivity contribution in [3.63, 3.8) is 0 Å². The van der Waals surface area contributed by atoms with Gasteiger partial charge in [0.15, 0.2) is 0 Å². The molecule has 0 unspecified atom stereocenters. The van der Waals surface area contributed by atoms with E-state index in [4.69, 9.17) is 0 Å². The maximum Gasteiger partial charge on any atom is 0.326 e. The molecule has 30 heavy (non-hydrogen) atoms. The van der Waals surface area contributed by atoms with E-state index in [1.165, 1.54) is 6.92 Å². The van der Waals surface area contributed by atoms with Crippen LogP contribution in [0.1, 0.15) is 18.2 Å². The van der Waals surface area contributed by atoms with Gasteiger partial charge in [0.1, 0.15) is 12.1 Å². The average molecular weight is 405 g/mol.